The molecule has 4 rings (SSSR count). The fourth-order valence-corrected chi connectivity index (χ4v) is 6.98. The number of hydrogen-bond acceptors (Lipinski definition) is 5. The summed E-state index contributed by atoms with van der Waals surface area (Å²) >= 11 is 7.10. The summed E-state index contributed by atoms with van der Waals surface area (Å²) in [5.74, 6) is 0.408. The number of halogens is 1. The fraction of sp³-hybridized carbons (Fsp3) is 0.350. The number of benzene rings is 2. The molecule has 26 heavy (non-hydrogen) atoms. The lowest BCUT2D eigenvalue weighted by atomic mass is 9.77. The van der Waals surface area contributed by atoms with E-state index in [1.807, 2.05) is 12.1 Å². The van der Waals surface area contributed by atoms with E-state index in [0.29, 0.717) is 18.7 Å². The Bertz CT molecular complexity index is 761. The Hall–Kier alpha value is -0.540. The Morgan fingerprint density at radius 2 is 1.54 bits per heavy atom. The second-order valence-electron chi connectivity index (χ2n) is 6.98. The molecule has 2 aliphatic heterocycles. The van der Waals surface area contributed by atoms with Crippen molar-refractivity contribution in [2.24, 2.45) is 5.92 Å². The monoisotopic (exact) mass is 496 g/mol. The molecule has 0 unspecified atom stereocenters. The molecule has 6 heteroatoms. The lowest BCUT2D eigenvalue weighted by Gasteiger charge is -2.50. The van der Waals surface area contributed by atoms with Crippen LogP contribution < -0.4 is 0 Å². The van der Waals surface area contributed by atoms with Crippen molar-refractivity contribution < 1.29 is 4.79 Å². The third-order valence-electron chi connectivity index (χ3n) is 5.56. The Balaban J connectivity index is 1.65. The topological polar surface area (TPSA) is 23.6 Å². The van der Waals surface area contributed by atoms with Crippen LogP contribution in [0.1, 0.15) is 36.1 Å². The van der Waals surface area contributed by atoms with E-state index in [1.54, 1.807) is 9.12 Å². The minimum Gasteiger partial charge on any atom is -0.299 e. The maximum atomic E-state index is 13.0. The van der Waals surface area contributed by atoms with E-state index in [4.69, 9.17) is 12.8 Å². The second kappa shape index (κ2) is 8.22. The standard InChI is InChI=1S/C20H21IN2OS2/c21-26-23-18(15-9-5-2-6-10-15)12-20(24)16-13-22(25)17(11-19(16)23)14-7-3-1-4-8-14/h1-10,16-19,25H,11-13H2/t16-,17+,18+,19+/m1/s1. The molecule has 2 aromatic rings. The molecule has 4 atom stereocenters. The minimum atomic E-state index is 0.0368. The summed E-state index contributed by atoms with van der Waals surface area (Å²) in [6.07, 6.45) is 1.50. The molecular weight excluding hydrogens is 475 g/mol. The average molecular weight is 496 g/mol. The van der Waals surface area contributed by atoms with Gasteiger partial charge < -0.3 is 0 Å². The van der Waals surface area contributed by atoms with E-state index in [9.17, 15) is 4.79 Å². The van der Waals surface area contributed by atoms with Gasteiger partial charge in [-0.2, -0.15) is 0 Å². The Kier molecular flexibility index (Phi) is 5.95. The molecule has 0 aromatic heterocycles. The van der Waals surface area contributed by atoms with Crippen LogP contribution in [-0.2, 0) is 4.79 Å². The predicted molar refractivity (Wildman–Crippen MR) is 119 cm³/mol. The number of Topliss-reactive ketones (excluding diaryl/α,β-unsaturated/α-hetero) is 1. The van der Waals surface area contributed by atoms with Crippen LogP contribution in [0.4, 0.5) is 0 Å². The lowest BCUT2D eigenvalue weighted by molar-refractivity contribution is -0.131. The fourth-order valence-electron chi connectivity index (χ4n) is 4.25. The molecule has 0 bridgehead atoms. The largest absolute Gasteiger partial charge is 0.299 e. The van der Waals surface area contributed by atoms with Gasteiger partial charge >= 0.3 is 0 Å². The van der Waals surface area contributed by atoms with Crippen LogP contribution in [0.5, 0.6) is 0 Å². The van der Waals surface area contributed by atoms with Crippen molar-refractivity contribution in [2.45, 2.75) is 31.0 Å². The average Bonchev–Trinajstić information content (AvgIpc) is 2.69. The minimum absolute atomic E-state index is 0.0368. The number of thiol groups is 1. The van der Waals surface area contributed by atoms with Crippen LogP contribution in [0.3, 0.4) is 0 Å². The zero-order valence-electron chi connectivity index (χ0n) is 14.2. The van der Waals surface area contributed by atoms with E-state index in [1.165, 1.54) is 11.1 Å². The summed E-state index contributed by atoms with van der Waals surface area (Å²) in [4.78, 5) is 13.0. The van der Waals surface area contributed by atoms with Crippen LogP contribution >= 0.6 is 43.1 Å². The van der Waals surface area contributed by atoms with E-state index < -0.39 is 0 Å². The summed E-state index contributed by atoms with van der Waals surface area (Å²) in [7, 11) is 1.74. The van der Waals surface area contributed by atoms with Crippen LogP contribution in [0.15, 0.2) is 60.7 Å². The number of rotatable bonds is 3. The number of fused-ring (bicyclic) bond motifs is 1. The predicted octanol–water partition coefficient (Wildman–Crippen LogP) is 5.28. The summed E-state index contributed by atoms with van der Waals surface area (Å²) in [5.41, 5.74) is 2.50. The molecule has 0 radical (unpaired) electrons. The highest BCUT2D eigenvalue weighted by molar-refractivity contribution is 14.2. The summed E-state index contributed by atoms with van der Waals surface area (Å²) in [6.45, 7) is 0.710. The quantitative estimate of drug-likeness (QED) is 0.355. The first-order valence-corrected chi connectivity index (χ1v) is 12.6. The van der Waals surface area contributed by atoms with Gasteiger partial charge in [0, 0.05) is 52.2 Å². The third-order valence-corrected chi connectivity index (χ3v) is 8.05. The van der Waals surface area contributed by atoms with Gasteiger partial charge in [-0.3, -0.25) is 4.79 Å². The van der Waals surface area contributed by atoms with Crippen LogP contribution in [0.25, 0.3) is 0 Å². The third kappa shape index (κ3) is 3.58. The summed E-state index contributed by atoms with van der Waals surface area (Å²) in [6, 6.07) is 21.6. The van der Waals surface area contributed by atoms with Crippen molar-refractivity contribution in [3.8, 4) is 0 Å². The van der Waals surface area contributed by atoms with Gasteiger partial charge in [0.05, 0.1) is 6.04 Å². The summed E-state index contributed by atoms with van der Waals surface area (Å²) < 4.78 is 4.52. The Labute approximate surface area is 176 Å². The molecule has 0 aliphatic carbocycles. The van der Waals surface area contributed by atoms with Crippen molar-refractivity contribution in [3.05, 3.63) is 71.8 Å². The number of ketones is 1. The van der Waals surface area contributed by atoms with Gasteiger partial charge in [-0.15, -0.1) is 0 Å². The van der Waals surface area contributed by atoms with E-state index in [-0.39, 0.29) is 24.0 Å². The summed E-state index contributed by atoms with van der Waals surface area (Å²) in [5, 5.41) is 0. The zero-order valence-corrected chi connectivity index (χ0v) is 18.1. The van der Waals surface area contributed by atoms with Gasteiger partial charge in [0.1, 0.15) is 5.78 Å². The number of carbonyl (C=O) groups excluding carboxylic acids is 1. The first-order chi connectivity index (χ1) is 12.7. The highest BCUT2D eigenvalue weighted by atomic mass is 127. The van der Waals surface area contributed by atoms with Crippen molar-refractivity contribution >= 4 is 48.9 Å². The Morgan fingerprint density at radius 3 is 2.12 bits per heavy atom. The molecular formula is C20H21IN2OS2. The van der Waals surface area contributed by atoms with Gasteiger partial charge in [0.15, 0.2) is 0 Å². The smallest absolute Gasteiger partial charge is 0.140 e. The highest BCUT2D eigenvalue weighted by Crippen LogP contribution is 2.48. The first-order valence-electron chi connectivity index (χ1n) is 8.84. The number of hydrogen-bond donors (Lipinski definition) is 1. The first kappa shape index (κ1) is 18.8. The van der Waals surface area contributed by atoms with Crippen molar-refractivity contribution in [1.82, 2.24) is 8.61 Å². The highest BCUT2D eigenvalue weighted by Gasteiger charge is 2.48. The van der Waals surface area contributed by atoms with Gasteiger partial charge in [-0.25, -0.2) is 8.61 Å². The van der Waals surface area contributed by atoms with Crippen molar-refractivity contribution in [2.75, 3.05) is 6.54 Å². The number of nitrogens with zero attached hydrogens (tertiary/aromatic N) is 2. The molecule has 2 aromatic carbocycles. The van der Waals surface area contributed by atoms with Gasteiger partial charge in [-0.05, 0) is 26.7 Å². The SMILES string of the molecule is O=C1C[C@@H](c2ccccc2)N(SI)[C@H]2C[C@@H](c3ccccc3)N(S)C[C@@H]12. The van der Waals surface area contributed by atoms with Crippen molar-refractivity contribution in [3.63, 3.8) is 0 Å². The molecule has 2 aliphatic rings. The van der Waals surface area contributed by atoms with Crippen LogP contribution in [-0.4, -0.2) is 27.0 Å². The molecule has 0 spiro atoms. The molecule has 0 amide bonds. The molecule has 0 N–H and O–H groups in total. The zero-order chi connectivity index (χ0) is 18.1. The van der Waals surface area contributed by atoms with Crippen molar-refractivity contribution in [1.29, 1.82) is 0 Å². The van der Waals surface area contributed by atoms with Crippen LogP contribution in [0, 0.1) is 5.92 Å². The lowest BCUT2D eigenvalue weighted by Crippen LogP contribution is -2.55. The van der Waals surface area contributed by atoms with E-state index >= 15 is 0 Å². The molecule has 2 heterocycles. The second-order valence-corrected chi connectivity index (χ2v) is 9.24. The molecule has 0 saturated carbocycles. The van der Waals surface area contributed by atoms with E-state index in [2.05, 4.69) is 78.3 Å². The van der Waals surface area contributed by atoms with Gasteiger partial charge in [0.2, 0.25) is 0 Å². The Morgan fingerprint density at radius 1 is 0.962 bits per heavy atom. The van der Waals surface area contributed by atoms with Crippen LogP contribution in [0.2, 0.25) is 0 Å². The molecule has 2 fully saturated rings. The van der Waals surface area contributed by atoms with Gasteiger partial charge in [0.25, 0.3) is 0 Å². The maximum Gasteiger partial charge on any atom is 0.140 e. The maximum absolute atomic E-state index is 13.0. The normalized spacial score (nSPS) is 30.2. The molecule has 136 valence electrons. The van der Waals surface area contributed by atoms with Gasteiger partial charge in [-0.1, -0.05) is 73.5 Å². The number of carbonyl (C=O) groups is 1. The van der Waals surface area contributed by atoms with E-state index in [0.717, 1.165) is 6.42 Å². The number of piperidine rings is 2. The molecule has 2 saturated heterocycles. The molecule has 3 nitrogen and oxygen atoms in total.